The summed E-state index contributed by atoms with van der Waals surface area (Å²) in [5.41, 5.74) is -0.883. The Morgan fingerprint density at radius 1 is 1.35 bits per heavy atom. The quantitative estimate of drug-likeness (QED) is 0.708. The van der Waals surface area contributed by atoms with Crippen LogP contribution < -0.4 is 10.6 Å². The minimum atomic E-state index is -0.883. The molecule has 0 aromatic heterocycles. The first kappa shape index (κ1) is 14.8. The second-order valence-corrected chi connectivity index (χ2v) is 6.07. The molecule has 1 heterocycles. The van der Waals surface area contributed by atoms with Gasteiger partial charge in [-0.3, -0.25) is 14.4 Å². The lowest BCUT2D eigenvalue weighted by atomic mass is 9.71. The van der Waals surface area contributed by atoms with Gasteiger partial charge in [0.1, 0.15) is 0 Å². The second-order valence-electron chi connectivity index (χ2n) is 6.07. The third-order valence-electron chi connectivity index (χ3n) is 4.65. The van der Waals surface area contributed by atoms with E-state index < -0.39 is 11.4 Å². The maximum Gasteiger partial charge on any atom is 0.311 e. The molecule has 3 atom stereocenters. The molecule has 1 aliphatic carbocycles. The van der Waals surface area contributed by atoms with Crippen LogP contribution in [0.25, 0.3) is 0 Å². The standard InChI is InChI=1S/C14H22N2O4/c1-14(13(19)20)7-3-2-4-10(14)16-12(18)9-5-6-11(17)15-8-9/h9-10H,2-8H2,1H3,(H,15,17)(H,16,18)(H,19,20). The predicted octanol–water partition coefficient (Wildman–Crippen LogP) is 0.662. The van der Waals surface area contributed by atoms with E-state index in [0.717, 1.165) is 12.8 Å². The minimum absolute atomic E-state index is 0.0258. The van der Waals surface area contributed by atoms with Gasteiger partial charge in [-0.15, -0.1) is 0 Å². The SMILES string of the molecule is CC1(C(=O)O)CCCCC1NC(=O)C1CCC(=O)NC1. The molecule has 20 heavy (non-hydrogen) atoms. The van der Waals surface area contributed by atoms with Crippen molar-refractivity contribution >= 4 is 17.8 Å². The summed E-state index contributed by atoms with van der Waals surface area (Å²) in [7, 11) is 0. The highest BCUT2D eigenvalue weighted by molar-refractivity contribution is 5.84. The minimum Gasteiger partial charge on any atom is -0.481 e. The fourth-order valence-corrected chi connectivity index (χ4v) is 3.07. The molecule has 1 saturated carbocycles. The van der Waals surface area contributed by atoms with Crippen molar-refractivity contribution in [2.24, 2.45) is 11.3 Å². The van der Waals surface area contributed by atoms with Crippen LogP contribution in [0.15, 0.2) is 0 Å². The summed E-state index contributed by atoms with van der Waals surface area (Å²) in [6, 6.07) is -0.320. The van der Waals surface area contributed by atoms with E-state index in [1.54, 1.807) is 6.92 Å². The smallest absolute Gasteiger partial charge is 0.311 e. The number of nitrogens with one attached hydrogen (secondary N) is 2. The van der Waals surface area contributed by atoms with Crippen molar-refractivity contribution in [1.29, 1.82) is 0 Å². The summed E-state index contributed by atoms with van der Waals surface area (Å²) in [5.74, 6) is -1.25. The Morgan fingerprint density at radius 3 is 2.70 bits per heavy atom. The van der Waals surface area contributed by atoms with Gasteiger partial charge in [-0.1, -0.05) is 12.8 Å². The summed E-state index contributed by atoms with van der Waals surface area (Å²) < 4.78 is 0. The van der Waals surface area contributed by atoms with Crippen LogP contribution in [-0.2, 0) is 14.4 Å². The maximum atomic E-state index is 12.2. The van der Waals surface area contributed by atoms with Crippen LogP contribution in [0.4, 0.5) is 0 Å². The number of hydrogen-bond donors (Lipinski definition) is 3. The van der Waals surface area contributed by atoms with Gasteiger partial charge in [-0.25, -0.2) is 0 Å². The van der Waals surface area contributed by atoms with Crippen molar-refractivity contribution in [2.75, 3.05) is 6.54 Å². The zero-order chi connectivity index (χ0) is 14.8. The van der Waals surface area contributed by atoms with Crippen LogP contribution in [0.5, 0.6) is 0 Å². The number of carbonyl (C=O) groups is 3. The van der Waals surface area contributed by atoms with E-state index in [9.17, 15) is 19.5 Å². The van der Waals surface area contributed by atoms with Crippen LogP contribution >= 0.6 is 0 Å². The molecule has 2 amide bonds. The van der Waals surface area contributed by atoms with Crippen molar-refractivity contribution in [1.82, 2.24) is 10.6 Å². The highest BCUT2D eigenvalue weighted by atomic mass is 16.4. The van der Waals surface area contributed by atoms with Gasteiger partial charge in [-0.2, -0.15) is 0 Å². The Labute approximate surface area is 118 Å². The Balaban J connectivity index is 1.98. The number of rotatable bonds is 3. The lowest BCUT2D eigenvalue weighted by molar-refractivity contribution is -0.152. The Morgan fingerprint density at radius 2 is 2.10 bits per heavy atom. The van der Waals surface area contributed by atoms with E-state index in [2.05, 4.69) is 10.6 Å². The van der Waals surface area contributed by atoms with Gasteiger partial charge in [-0.05, 0) is 26.2 Å². The van der Waals surface area contributed by atoms with Crippen molar-refractivity contribution in [3.05, 3.63) is 0 Å². The van der Waals surface area contributed by atoms with Crippen LogP contribution in [0.2, 0.25) is 0 Å². The van der Waals surface area contributed by atoms with Gasteiger partial charge in [0, 0.05) is 19.0 Å². The van der Waals surface area contributed by atoms with Gasteiger partial charge in [0.05, 0.1) is 11.3 Å². The number of amides is 2. The molecule has 112 valence electrons. The molecular weight excluding hydrogens is 260 g/mol. The van der Waals surface area contributed by atoms with Crippen LogP contribution in [-0.4, -0.2) is 35.5 Å². The van der Waals surface area contributed by atoms with Crippen molar-refractivity contribution in [2.45, 2.75) is 51.5 Å². The summed E-state index contributed by atoms with van der Waals surface area (Å²) in [4.78, 5) is 34.8. The molecular formula is C14H22N2O4. The predicted molar refractivity (Wildman–Crippen MR) is 71.9 cm³/mol. The van der Waals surface area contributed by atoms with Crippen LogP contribution in [0, 0.1) is 11.3 Å². The molecule has 0 aromatic carbocycles. The molecule has 0 radical (unpaired) electrons. The number of piperidine rings is 1. The fraction of sp³-hybridized carbons (Fsp3) is 0.786. The monoisotopic (exact) mass is 282 g/mol. The second kappa shape index (κ2) is 5.81. The Kier molecular flexibility index (Phi) is 4.30. The van der Waals surface area contributed by atoms with E-state index in [0.29, 0.717) is 32.2 Å². The van der Waals surface area contributed by atoms with Gasteiger partial charge in [0.25, 0.3) is 0 Å². The maximum absolute atomic E-state index is 12.2. The molecule has 2 fully saturated rings. The molecule has 3 unspecified atom stereocenters. The third-order valence-corrected chi connectivity index (χ3v) is 4.65. The molecule has 1 aliphatic heterocycles. The summed E-state index contributed by atoms with van der Waals surface area (Å²) in [5, 5.41) is 15.0. The molecule has 2 rings (SSSR count). The summed E-state index contributed by atoms with van der Waals surface area (Å²) in [6.45, 7) is 2.06. The first-order valence-electron chi connectivity index (χ1n) is 7.24. The van der Waals surface area contributed by atoms with E-state index >= 15 is 0 Å². The number of carboxylic acids is 1. The van der Waals surface area contributed by atoms with Crippen LogP contribution in [0.3, 0.4) is 0 Å². The van der Waals surface area contributed by atoms with E-state index in [1.165, 1.54) is 0 Å². The molecule has 0 spiro atoms. The van der Waals surface area contributed by atoms with E-state index in [-0.39, 0.29) is 23.8 Å². The average Bonchev–Trinajstić information content (AvgIpc) is 2.42. The molecule has 6 heteroatoms. The van der Waals surface area contributed by atoms with Gasteiger partial charge < -0.3 is 15.7 Å². The molecule has 6 nitrogen and oxygen atoms in total. The first-order chi connectivity index (χ1) is 9.43. The Hall–Kier alpha value is -1.59. The van der Waals surface area contributed by atoms with Crippen molar-refractivity contribution < 1.29 is 19.5 Å². The fourth-order valence-electron chi connectivity index (χ4n) is 3.07. The largest absolute Gasteiger partial charge is 0.481 e. The first-order valence-corrected chi connectivity index (χ1v) is 7.24. The number of aliphatic carboxylic acids is 1. The zero-order valence-electron chi connectivity index (χ0n) is 11.8. The number of carbonyl (C=O) groups excluding carboxylic acids is 2. The molecule has 0 bridgehead atoms. The Bertz CT molecular complexity index is 413. The van der Waals surface area contributed by atoms with E-state index in [1.807, 2.05) is 0 Å². The third kappa shape index (κ3) is 2.94. The molecule has 3 N–H and O–H groups in total. The topological polar surface area (TPSA) is 95.5 Å². The molecule has 0 aromatic rings. The summed E-state index contributed by atoms with van der Waals surface area (Å²) in [6.07, 6.45) is 4.01. The number of carboxylic acid groups (broad SMARTS) is 1. The van der Waals surface area contributed by atoms with Gasteiger partial charge in [0.2, 0.25) is 11.8 Å². The van der Waals surface area contributed by atoms with Gasteiger partial charge in [0.15, 0.2) is 0 Å². The lowest BCUT2D eigenvalue weighted by Crippen LogP contribution is -2.54. The summed E-state index contributed by atoms with van der Waals surface area (Å²) >= 11 is 0. The van der Waals surface area contributed by atoms with E-state index in [4.69, 9.17) is 0 Å². The van der Waals surface area contributed by atoms with Crippen LogP contribution in [0.1, 0.15) is 45.4 Å². The molecule has 2 aliphatic rings. The highest BCUT2D eigenvalue weighted by Crippen LogP contribution is 2.36. The lowest BCUT2D eigenvalue weighted by Gasteiger charge is -2.39. The van der Waals surface area contributed by atoms with Gasteiger partial charge >= 0.3 is 5.97 Å². The number of hydrogen-bond acceptors (Lipinski definition) is 3. The normalized spacial score (nSPS) is 34.1. The average molecular weight is 282 g/mol. The molecule has 1 saturated heterocycles. The van der Waals surface area contributed by atoms with Crippen molar-refractivity contribution in [3.8, 4) is 0 Å². The highest BCUT2D eigenvalue weighted by Gasteiger charge is 2.44. The van der Waals surface area contributed by atoms with Crippen molar-refractivity contribution in [3.63, 3.8) is 0 Å². The zero-order valence-corrected chi connectivity index (χ0v) is 11.8.